The molecular weight excluding hydrogens is 134 g/mol. The molecule has 0 aromatic rings. The summed E-state index contributed by atoms with van der Waals surface area (Å²) in [5, 5.41) is 3.16. The maximum atomic E-state index is 3.16. The first-order valence-corrected chi connectivity index (χ1v) is 3.95. The summed E-state index contributed by atoms with van der Waals surface area (Å²) in [4.78, 5) is 0. The van der Waals surface area contributed by atoms with Crippen molar-refractivity contribution in [2.45, 2.75) is 20.8 Å². The summed E-state index contributed by atoms with van der Waals surface area (Å²) in [5.74, 6) is 0. The van der Waals surface area contributed by atoms with E-state index in [4.69, 9.17) is 0 Å². The van der Waals surface area contributed by atoms with E-state index in [2.05, 4.69) is 38.2 Å². The largest absolute Gasteiger partial charge is 0.387 e. The van der Waals surface area contributed by atoms with Crippen LogP contribution in [0.1, 0.15) is 20.8 Å². The third kappa shape index (κ3) is 2.26. The average molecular weight is 149 g/mol. The predicted octanol–water partition coefficient (Wildman–Crippen LogP) is 2.39. The van der Waals surface area contributed by atoms with Gasteiger partial charge < -0.3 is 5.32 Å². The molecule has 0 spiro atoms. The summed E-state index contributed by atoms with van der Waals surface area (Å²) in [7, 11) is 0. The Kier molecular flexibility index (Phi) is 2.53. The van der Waals surface area contributed by atoms with E-state index in [1.165, 1.54) is 16.7 Å². The van der Waals surface area contributed by atoms with Crippen LogP contribution in [0.5, 0.6) is 0 Å². The van der Waals surface area contributed by atoms with Crippen LogP contribution in [-0.4, -0.2) is 6.54 Å². The van der Waals surface area contributed by atoms with E-state index in [1.807, 2.05) is 6.20 Å². The summed E-state index contributed by atoms with van der Waals surface area (Å²) in [6.45, 7) is 7.38. The molecule has 1 aliphatic heterocycles. The smallest absolute Gasteiger partial charge is 0.0398 e. The molecule has 0 unspecified atom stereocenters. The molecule has 0 fully saturated rings. The van der Waals surface area contributed by atoms with E-state index in [1.54, 1.807) is 0 Å². The lowest BCUT2D eigenvalue weighted by Crippen LogP contribution is -2.01. The minimum Gasteiger partial charge on any atom is -0.387 e. The monoisotopic (exact) mass is 149 g/mol. The highest BCUT2D eigenvalue weighted by molar-refractivity contribution is 5.36. The Morgan fingerprint density at radius 2 is 2.18 bits per heavy atom. The first-order chi connectivity index (χ1) is 5.20. The van der Waals surface area contributed by atoms with Gasteiger partial charge in [0, 0.05) is 6.54 Å². The third-order valence-corrected chi connectivity index (χ3v) is 1.71. The van der Waals surface area contributed by atoms with Crippen molar-refractivity contribution < 1.29 is 0 Å². The molecule has 0 aromatic heterocycles. The van der Waals surface area contributed by atoms with E-state index >= 15 is 0 Å². The number of hydrogen-bond acceptors (Lipinski definition) is 1. The molecule has 0 bridgehead atoms. The molecule has 1 nitrogen and oxygen atoms in total. The highest BCUT2D eigenvalue weighted by Crippen LogP contribution is 2.11. The van der Waals surface area contributed by atoms with Crippen molar-refractivity contribution in [3.8, 4) is 0 Å². The zero-order chi connectivity index (χ0) is 8.27. The molecule has 1 heteroatoms. The standard InChI is InChI=1S/C10H15N/c1-8(2)6-9(3)10-4-5-11-7-10/h4-6,11H,7H2,1-3H3. The van der Waals surface area contributed by atoms with Crippen LogP contribution >= 0.6 is 0 Å². The number of rotatable bonds is 1. The van der Waals surface area contributed by atoms with Crippen molar-refractivity contribution in [2.24, 2.45) is 0 Å². The molecular formula is C10H15N. The zero-order valence-electron chi connectivity index (χ0n) is 7.44. The molecule has 0 radical (unpaired) electrons. The molecule has 11 heavy (non-hydrogen) atoms. The van der Waals surface area contributed by atoms with Gasteiger partial charge in [-0.1, -0.05) is 11.6 Å². The molecule has 1 aliphatic rings. The molecule has 1 rings (SSSR count). The van der Waals surface area contributed by atoms with Crippen molar-refractivity contribution in [1.82, 2.24) is 5.32 Å². The van der Waals surface area contributed by atoms with Crippen molar-refractivity contribution in [3.05, 3.63) is 35.1 Å². The van der Waals surface area contributed by atoms with Crippen LogP contribution in [0.2, 0.25) is 0 Å². The van der Waals surface area contributed by atoms with Gasteiger partial charge in [0.2, 0.25) is 0 Å². The van der Waals surface area contributed by atoms with Gasteiger partial charge in [-0.2, -0.15) is 0 Å². The lowest BCUT2D eigenvalue weighted by molar-refractivity contribution is 0.998. The Labute approximate surface area is 68.5 Å². The Morgan fingerprint density at radius 1 is 1.45 bits per heavy atom. The lowest BCUT2D eigenvalue weighted by Gasteiger charge is -1.98. The fourth-order valence-electron chi connectivity index (χ4n) is 1.18. The SMILES string of the molecule is CC(C)=CC(C)=C1C=CNC1. The third-order valence-electron chi connectivity index (χ3n) is 1.71. The van der Waals surface area contributed by atoms with Gasteiger partial charge >= 0.3 is 0 Å². The molecule has 0 aromatic carbocycles. The number of hydrogen-bond donors (Lipinski definition) is 1. The molecule has 0 saturated carbocycles. The Bertz CT molecular complexity index is 227. The fraction of sp³-hybridized carbons (Fsp3) is 0.400. The van der Waals surface area contributed by atoms with Gasteiger partial charge in [-0.15, -0.1) is 0 Å². The Balaban J connectivity index is 2.79. The molecule has 60 valence electrons. The first kappa shape index (κ1) is 8.12. The Hall–Kier alpha value is -0.980. The van der Waals surface area contributed by atoms with Crippen LogP contribution in [0, 0.1) is 0 Å². The fourth-order valence-corrected chi connectivity index (χ4v) is 1.18. The molecule has 0 atom stereocenters. The van der Waals surface area contributed by atoms with Crippen molar-refractivity contribution in [3.63, 3.8) is 0 Å². The van der Waals surface area contributed by atoms with Gasteiger partial charge in [0.15, 0.2) is 0 Å². The van der Waals surface area contributed by atoms with Gasteiger partial charge in [-0.25, -0.2) is 0 Å². The quantitative estimate of drug-likeness (QED) is 0.603. The minimum atomic E-state index is 0.982. The van der Waals surface area contributed by atoms with Gasteiger partial charge in [0.05, 0.1) is 0 Å². The van der Waals surface area contributed by atoms with Crippen molar-refractivity contribution in [1.29, 1.82) is 0 Å². The topological polar surface area (TPSA) is 12.0 Å². The average Bonchev–Trinajstić information content (AvgIpc) is 2.35. The van der Waals surface area contributed by atoms with E-state index < -0.39 is 0 Å². The maximum absolute atomic E-state index is 3.16. The van der Waals surface area contributed by atoms with Crippen LogP contribution in [0.25, 0.3) is 0 Å². The van der Waals surface area contributed by atoms with E-state index in [9.17, 15) is 0 Å². The second kappa shape index (κ2) is 3.42. The first-order valence-electron chi connectivity index (χ1n) is 3.95. The van der Waals surface area contributed by atoms with Crippen molar-refractivity contribution in [2.75, 3.05) is 6.54 Å². The second-order valence-electron chi connectivity index (χ2n) is 3.14. The van der Waals surface area contributed by atoms with Gasteiger partial charge in [-0.05, 0) is 44.2 Å². The van der Waals surface area contributed by atoms with E-state index in [0.717, 1.165) is 6.54 Å². The van der Waals surface area contributed by atoms with Gasteiger partial charge in [-0.3, -0.25) is 0 Å². The van der Waals surface area contributed by atoms with Crippen LogP contribution in [-0.2, 0) is 0 Å². The van der Waals surface area contributed by atoms with Gasteiger partial charge in [0.25, 0.3) is 0 Å². The molecule has 1 N–H and O–H groups in total. The van der Waals surface area contributed by atoms with Crippen molar-refractivity contribution >= 4 is 0 Å². The molecule has 1 heterocycles. The maximum Gasteiger partial charge on any atom is 0.0398 e. The van der Waals surface area contributed by atoms with E-state index in [-0.39, 0.29) is 0 Å². The second-order valence-corrected chi connectivity index (χ2v) is 3.14. The summed E-state index contributed by atoms with van der Waals surface area (Å²) < 4.78 is 0. The van der Waals surface area contributed by atoms with Gasteiger partial charge in [0.1, 0.15) is 0 Å². The van der Waals surface area contributed by atoms with Crippen LogP contribution in [0.4, 0.5) is 0 Å². The summed E-state index contributed by atoms with van der Waals surface area (Å²) in [6, 6.07) is 0. The predicted molar refractivity (Wildman–Crippen MR) is 49.3 cm³/mol. The summed E-state index contributed by atoms with van der Waals surface area (Å²) >= 11 is 0. The van der Waals surface area contributed by atoms with Crippen LogP contribution in [0.15, 0.2) is 35.1 Å². The molecule has 0 saturated heterocycles. The minimum absolute atomic E-state index is 0.982. The number of allylic oxidation sites excluding steroid dienone is 3. The van der Waals surface area contributed by atoms with Crippen LogP contribution < -0.4 is 5.32 Å². The highest BCUT2D eigenvalue weighted by atomic mass is 14.8. The normalized spacial score (nSPS) is 19.5. The molecule has 0 amide bonds. The molecule has 0 aliphatic carbocycles. The number of nitrogens with one attached hydrogen (secondary N) is 1. The lowest BCUT2D eigenvalue weighted by atomic mass is 10.1. The summed E-state index contributed by atoms with van der Waals surface area (Å²) in [5.41, 5.74) is 4.12. The van der Waals surface area contributed by atoms with E-state index in [0.29, 0.717) is 0 Å². The highest BCUT2D eigenvalue weighted by Gasteiger charge is 2.00. The summed E-state index contributed by atoms with van der Waals surface area (Å²) in [6.07, 6.45) is 6.35. The van der Waals surface area contributed by atoms with Crippen LogP contribution in [0.3, 0.4) is 0 Å². The zero-order valence-corrected chi connectivity index (χ0v) is 7.44. The Morgan fingerprint density at radius 3 is 2.64 bits per heavy atom.